The molecule has 0 atom stereocenters. The van der Waals surface area contributed by atoms with Gasteiger partial charge in [-0.15, -0.1) is 0 Å². The van der Waals surface area contributed by atoms with Crippen molar-refractivity contribution < 1.29 is 4.11 Å². The summed E-state index contributed by atoms with van der Waals surface area (Å²) in [4.78, 5) is 0. The summed E-state index contributed by atoms with van der Waals surface area (Å²) in [5, 5.41) is 6.43. The van der Waals surface area contributed by atoms with Gasteiger partial charge in [-0.1, -0.05) is 0 Å². The number of aryl methyl sites for hydroxylation is 1. The van der Waals surface area contributed by atoms with Crippen LogP contribution < -0.4 is 5.32 Å². The zero-order valence-corrected chi connectivity index (χ0v) is 7.14. The zero-order chi connectivity index (χ0) is 10.1. The van der Waals surface area contributed by atoms with Crippen LogP contribution in [0.4, 0.5) is 0 Å². The van der Waals surface area contributed by atoms with Crippen molar-refractivity contribution in [1.29, 1.82) is 0 Å². The van der Waals surface area contributed by atoms with Gasteiger partial charge in [0.2, 0.25) is 0 Å². The molecule has 0 saturated carbocycles. The van der Waals surface area contributed by atoms with E-state index in [0.29, 0.717) is 4.60 Å². The predicted molar refractivity (Wildman–Crippen MR) is 43.7 cm³/mol. The highest BCUT2D eigenvalue weighted by atomic mass is 79.9. The minimum absolute atomic E-state index is 0.283. The van der Waals surface area contributed by atoms with Crippen LogP contribution >= 0.6 is 15.9 Å². The Hall–Kier alpha value is -0.350. The summed E-state index contributed by atoms with van der Waals surface area (Å²) in [6, 6.07) is 0. The first-order chi connectivity index (χ1) is 5.88. The summed E-state index contributed by atoms with van der Waals surface area (Å²) in [7, 11) is 1.78. The van der Waals surface area contributed by atoms with Crippen LogP contribution in [0.3, 0.4) is 0 Å². The Labute approximate surface area is 72.8 Å². The topological polar surface area (TPSA) is 29.9 Å². The molecular weight excluding hydrogens is 194 g/mol. The molecule has 0 saturated heterocycles. The minimum atomic E-state index is -2.10. The number of rotatable bonds is 2. The quantitative estimate of drug-likeness (QED) is 0.780. The lowest BCUT2D eigenvalue weighted by Crippen LogP contribution is -2.04. The van der Waals surface area contributed by atoms with Gasteiger partial charge in [0.1, 0.15) is 4.60 Å². The van der Waals surface area contributed by atoms with E-state index in [1.165, 1.54) is 0 Å². The minimum Gasteiger partial charge on any atom is -0.316 e. The van der Waals surface area contributed by atoms with Crippen molar-refractivity contribution in [3.63, 3.8) is 0 Å². The molecule has 1 rings (SSSR count). The molecule has 0 fully saturated rings. The number of halogens is 1. The fourth-order valence-electron chi connectivity index (χ4n) is 0.724. The Balaban J connectivity index is 2.59. The van der Waals surface area contributed by atoms with E-state index in [-0.39, 0.29) is 6.54 Å². The van der Waals surface area contributed by atoms with Crippen LogP contribution in [-0.4, -0.2) is 16.8 Å². The normalized spacial score (nSPS) is 16.0. The lowest BCUT2D eigenvalue weighted by Gasteiger charge is -1.92. The third-order valence-electron chi connectivity index (χ3n) is 1.13. The Morgan fingerprint density at radius 2 is 2.80 bits per heavy atom. The molecule has 3 nitrogen and oxygen atoms in total. The monoisotopic (exact) mass is 206 g/mol. The average Bonchev–Trinajstić information content (AvgIpc) is 2.24. The molecule has 0 radical (unpaired) electrons. The van der Waals surface area contributed by atoms with Crippen molar-refractivity contribution in [2.75, 3.05) is 6.98 Å². The van der Waals surface area contributed by atoms with Crippen LogP contribution in [0.25, 0.3) is 0 Å². The SMILES string of the molecule is [2H]C([2H])([2H])NCc1cn(C)nc1Br. The molecule has 0 aliphatic rings. The van der Waals surface area contributed by atoms with Crippen LogP contribution in [-0.2, 0) is 13.6 Å². The third kappa shape index (κ3) is 1.58. The highest BCUT2D eigenvalue weighted by molar-refractivity contribution is 9.10. The number of aromatic nitrogens is 2. The Kier molecular flexibility index (Phi) is 1.43. The fraction of sp³-hybridized carbons (Fsp3) is 0.500. The molecule has 10 heavy (non-hydrogen) atoms. The summed E-state index contributed by atoms with van der Waals surface area (Å²) in [6.07, 6.45) is 1.77. The third-order valence-corrected chi connectivity index (χ3v) is 1.80. The van der Waals surface area contributed by atoms with Gasteiger partial charge >= 0.3 is 0 Å². The van der Waals surface area contributed by atoms with E-state index < -0.39 is 6.98 Å². The molecule has 0 unspecified atom stereocenters. The van der Waals surface area contributed by atoms with Gasteiger partial charge in [-0.25, -0.2) is 0 Å². The van der Waals surface area contributed by atoms with E-state index in [1.807, 2.05) is 0 Å². The molecule has 0 amide bonds. The first-order valence-corrected chi connectivity index (χ1v) is 3.61. The fourth-order valence-corrected chi connectivity index (χ4v) is 1.22. The maximum absolute atomic E-state index is 6.94. The second-order valence-corrected chi connectivity index (χ2v) is 2.72. The standard InChI is InChI=1S/C6H10BrN3/c1-8-3-5-4-10(2)9-6(5)7/h4,8H,3H2,1-2H3/i1D3. The maximum Gasteiger partial charge on any atom is 0.132 e. The van der Waals surface area contributed by atoms with E-state index in [9.17, 15) is 0 Å². The molecule has 1 heterocycles. The average molecular weight is 207 g/mol. The zero-order valence-electron chi connectivity index (χ0n) is 8.56. The summed E-state index contributed by atoms with van der Waals surface area (Å²) in [5.74, 6) is 0. The number of nitrogens with zero attached hydrogens (tertiary/aromatic N) is 2. The first-order valence-electron chi connectivity index (χ1n) is 4.31. The van der Waals surface area contributed by atoms with Gasteiger partial charge in [-0.3, -0.25) is 4.68 Å². The predicted octanol–water partition coefficient (Wildman–Crippen LogP) is 0.902. The first kappa shape index (κ1) is 4.51. The molecule has 0 aliphatic heterocycles. The van der Waals surface area contributed by atoms with E-state index in [1.54, 1.807) is 17.9 Å². The van der Waals surface area contributed by atoms with Gasteiger partial charge in [-0.05, 0) is 22.9 Å². The van der Waals surface area contributed by atoms with Gasteiger partial charge in [0.15, 0.2) is 0 Å². The molecule has 1 aromatic rings. The molecule has 56 valence electrons. The molecule has 4 heteroatoms. The van der Waals surface area contributed by atoms with Gasteiger partial charge in [0, 0.05) is 29.5 Å². The summed E-state index contributed by atoms with van der Waals surface area (Å²) >= 11 is 3.23. The highest BCUT2D eigenvalue weighted by Crippen LogP contribution is 2.12. The van der Waals surface area contributed by atoms with E-state index in [2.05, 4.69) is 26.3 Å². The van der Waals surface area contributed by atoms with Gasteiger partial charge < -0.3 is 5.32 Å². The molecular formula is C6H10BrN3. The van der Waals surface area contributed by atoms with Crippen LogP contribution in [0.5, 0.6) is 0 Å². The van der Waals surface area contributed by atoms with Crippen LogP contribution in [0.2, 0.25) is 0 Å². The van der Waals surface area contributed by atoms with E-state index in [4.69, 9.17) is 4.11 Å². The summed E-state index contributed by atoms with van der Waals surface area (Å²) < 4.78 is 23.1. The largest absolute Gasteiger partial charge is 0.316 e. The number of hydrogen-bond donors (Lipinski definition) is 1. The molecule has 0 bridgehead atoms. The summed E-state index contributed by atoms with van der Waals surface area (Å²) in [6.45, 7) is -1.82. The molecule has 1 N–H and O–H groups in total. The second kappa shape index (κ2) is 3.16. The number of nitrogens with one attached hydrogen (secondary N) is 1. The van der Waals surface area contributed by atoms with Gasteiger partial charge in [0.25, 0.3) is 0 Å². The van der Waals surface area contributed by atoms with Crippen molar-refractivity contribution in [3.8, 4) is 0 Å². The van der Waals surface area contributed by atoms with Gasteiger partial charge in [-0.2, -0.15) is 5.10 Å². The molecule has 1 aromatic heterocycles. The number of hydrogen-bond acceptors (Lipinski definition) is 2. The molecule has 0 aromatic carbocycles. The van der Waals surface area contributed by atoms with Crippen LogP contribution in [0.1, 0.15) is 9.68 Å². The smallest absolute Gasteiger partial charge is 0.132 e. The lowest BCUT2D eigenvalue weighted by atomic mass is 10.4. The van der Waals surface area contributed by atoms with Crippen molar-refractivity contribution in [1.82, 2.24) is 15.1 Å². The molecule has 0 aliphatic carbocycles. The van der Waals surface area contributed by atoms with Crippen molar-refractivity contribution in [3.05, 3.63) is 16.4 Å². The second-order valence-electron chi connectivity index (χ2n) is 1.97. The van der Waals surface area contributed by atoms with Crippen LogP contribution in [0.15, 0.2) is 10.8 Å². The maximum atomic E-state index is 6.94. The summed E-state index contributed by atoms with van der Waals surface area (Å²) in [5.41, 5.74) is 0.832. The Morgan fingerprint density at radius 1 is 2.00 bits per heavy atom. The van der Waals surface area contributed by atoms with Gasteiger partial charge in [0.05, 0.1) is 0 Å². The Bertz CT molecular complexity index is 294. The van der Waals surface area contributed by atoms with E-state index >= 15 is 0 Å². The van der Waals surface area contributed by atoms with Crippen molar-refractivity contribution >= 4 is 15.9 Å². The van der Waals surface area contributed by atoms with Crippen molar-refractivity contribution in [2.45, 2.75) is 6.54 Å². The van der Waals surface area contributed by atoms with E-state index in [0.717, 1.165) is 5.56 Å². The molecule has 0 spiro atoms. The lowest BCUT2D eigenvalue weighted by molar-refractivity contribution is 0.759. The Morgan fingerprint density at radius 3 is 3.30 bits per heavy atom. The van der Waals surface area contributed by atoms with Crippen LogP contribution in [0, 0.1) is 0 Å². The highest BCUT2D eigenvalue weighted by Gasteiger charge is 2.01. The van der Waals surface area contributed by atoms with Crippen molar-refractivity contribution in [2.24, 2.45) is 7.05 Å².